The van der Waals surface area contributed by atoms with Crippen molar-refractivity contribution in [3.63, 3.8) is 0 Å². The number of ether oxygens (including phenoxy) is 2. The summed E-state index contributed by atoms with van der Waals surface area (Å²) in [6.07, 6.45) is 6.63. The van der Waals surface area contributed by atoms with Crippen molar-refractivity contribution in [1.82, 2.24) is 19.8 Å². The summed E-state index contributed by atoms with van der Waals surface area (Å²) in [5.41, 5.74) is 1.61. The number of amides is 1. The van der Waals surface area contributed by atoms with E-state index < -0.39 is 5.82 Å². The number of aromatic nitrogens is 2. The van der Waals surface area contributed by atoms with E-state index in [-0.39, 0.29) is 23.0 Å². The predicted octanol–water partition coefficient (Wildman–Crippen LogP) is 4.38. The Labute approximate surface area is 242 Å². The van der Waals surface area contributed by atoms with Gasteiger partial charge in [-0.25, -0.2) is 14.4 Å². The highest BCUT2D eigenvalue weighted by Gasteiger charge is 2.31. The molecule has 2 saturated heterocycles. The molecule has 3 aromatic rings. The van der Waals surface area contributed by atoms with Gasteiger partial charge in [-0.05, 0) is 57.1 Å². The molecule has 5 rings (SSSR count). The number of carbonyl (C=O) groups excluding carboxylic acids is 2. The lowest BCUT2D eigenvalue weighted by Crippen LogP contribution is -2.52. The number of fused-ring (bicyclic) bond motifs is 1. The van der Waals surface area contributed by atoms with E-state index in [0.29, 0.717) is 53.0 Å². The lowest BCUT2D eigenvalue weighted by Gasteiger charge is -2.40. The van der Waals surface area contributed by atoms with Gasteiger partial charge in [-0.1, -0.05) is 17.7 Å². The van der Waals surface area contributed by atoms with Crippen LogP contribution in [0.3, 0.4) is 0 Å². The van der Waals surface area contributed by atoms with Crippen LogP contribution in [0, 0.1) is 5.82 Å². The first-order valence-electron chi connectivity index (χ1n) is 13.5. The van der Waals surface area contributed by atoms with Crippen molar-refractivity contribution in [2.75, 3.05) is 50.5 Å². The number of halogens is 2. The maximum Gasteiger partial charge on any atom is 0.320 e. The highest BCUT2D eigenvalue weighted by atomic mass is 35.5. The first-order chi connectivity index (χ1) is 19.8. The van der Waals surface area contributed by atoms with E-state index in [0.717, 1.165) is 32.5 Å². The van der Waals surface area contributed by atoms with Gasteiger partial charge in [0, 0.05) is 42.3 Å². The second-order valence-electron chi connectivity index (χ2n) is 10.2. The molecular formula is C29H32ClFN6O4. The number of likely N-dealkylation sites (tertiary alicyclic amines) is 1. The molecule has 2 aliphatic rings. The van der Waals surface area contributed by atoms with Crippen LogP contribution >= 0.6 is 11.6 Å². The van der Waals surface area contributed by atoms with Gasteiger partial charge in [0.25, 0.3) is 0 Å². The largest absolute Gasteiger partial charge is 0.494 e. The number of nitrogens with one attached hydrogen (secondary N) is 2. The Balaban J connectivity index is 1.20. The Hall–Kier alpha value is -3.80. The van der Waals surface area contributed by atoms with E-state index in [1.54, 1.807) is 18.2 Å². The Morgan fingerprint density at radius 1 is 1.24 bits per heavy atom. The SMILES string of the molecule is COc1cc2ncnc(Nc3ccc(F)c(Cl)c3)c2cc1NC(=O)/C=C/CN1CCC(N2CC(=O)OC(C)C2)CC1. The number of rotatable bonds is 8. The van der Waals surface area contributed by atoms with E-state index in [1.165, 1.54) is 31.6 Å². The van der Waals surface area contributed by atoms with Crippen molar-refractivity contribution in [3.8, 4) is 5.75 Å². The van der Waals surface area contributed by atoms with Crippen LogP contribution in [0.4, 0.5) is 21.6 Å². The number of hydrogen-bond donors (Lipinski definition) is 2. The van der Waals surface area contributed by atoms with Gasteiger partial charge < -0.3 is 20.1 Å². The Morgan fingerprint density at radius 3 is 2.78 bits per heavy atom. The van der Waals surface area contributed by atoms with E-state index in [1.807, 2.05) is 13.0 Å². The Bertz CT molecular complexity index is 1460. The number of esters is 1. The zero-order valence-electron chi connectivity index (χ0n) is 22.9. The van der Waals surface area contributed by atoms with Crippen LogP contribution in [0.15, 0.2) is 48.8 Å². The van der Waals surface area contributed by atoms with Gasteiger partial charge in [-0.3, -0.25) is 19.4 Å². The van der Waals surface area contributed by atoms with Gasteiger partial charge in [0.05, 0.1) is 29.9 Å². The molecule has 1 atom stereocenters. The molecule has 1 aromatic heterocycles. The van der Waals surface area contributed by atoms with E-state index in [4.69, 9.17) is 21.1 Å². The zero-order valence-corrected chi connectivity index (χ0v) is 23.7. The van der Waals surface area contributed by atoms with Crippen molar-refractivity contribution in [2.45, 2.75) is 31.9 Å². The molecular weight excluding hydrogens is 551 g/mol. The Morgan fingerprint density at radius 2 is 2.05 bits per heavy atom. The number of benzene rings is 2. The molecule has 12 heteroatoms. The molecule has 0 spiro atoms. The molecule has 41 heavy (non-hydrogen) atoms. The molecule has 10 nitrogen and oxygen atoms in total. The molecule has 1 amide bonds. The predicted molar refractivity (Wildman–Crippen MR) is 155 cm³/mol. The summed E-state index contributed by atoms with van der Waals surface area (Å²) in [4.78, 5) is 37.7. The highest BCUT2D eigenvalue weighted by Crippen LogP contribution is 2.33. The topological polar surface area (TPSA) is 109 Å². The van der Waals surface area contributed by atoms with Crippen LogP contribution in [-0.2, 0) is 14.3 Å². The number of piperidine rings is 1. The third kappa shape index (κ3) is 7.10. The van der Waals surface area contributed by atoms with Crippen LogP contribution < -0.4 is 15.4 Å². The molecule has 216 valence electrons. The number of nitrogens with zero attached hydrogens (tertiary/aromatic N) is 4. The van der Waals surface area contributed by atoms with Crippen LogP contribution in [0.5, 0.6) is 5.75 Å². The molecule has 0 saturated carbocycles. The van der Waals surface area contributed by atoms with Crippen molar-refractivity contribution in [2.24, 2.45) is 0 Å². The molecule has 3 heterocycles. The Kier molecular flexibility index (Phi) is 8.96. The molecule has 2 fully saturated rings. The van der Waals surface area contributed by atoms with Crippen LogP contribution in [0.2, 0.25) is 5.02 Å². The normalized spacial score (nSPS) is 18.9. The lowest BCUT2D eigenvalue weighted by atomic mass is 10.0. The van der Waals surface area contributed by atoms with E-state index in [9.17, 15) is 14.0 Å². The first-order valence-corrected chi connectivity index (χ1v) is 13.8. The van der Waals surface area contributed by atoms with E-state index >= 15 is 0 Å². The first kappa shape index (κ1) is 28.7. The standard InChI is InChI=1S/C29H32ClFN6O4/c1-18-15-37(16-28(39)41-18)20-7-10-36(11-8-20)9-3-4-27(38)35-25-13-21-24(14-26(25)40-2)32-17-33-29(21)34-19-5-6-23(31)22(30)12-19/h3-6,12-14,17-18,20H,7-11,15-16H2,1-2H3,(H,35,38)(H,32,33,34)/b4-3+. The average molecular weight is 583 g/mol. The number of cyclic esters (lactones) is 1. The van der Waals surface area contributed by atoms with Gasteiger partial charge in [0.1, 0.15) is 29.8 Å². The van der Waals surface area contributed by atoms with Crippen LogP contribution in [0.1, 0.15) is 19.8 Å². The highest BCUT2D eigenvalue weighted by molar-refractivity contribution is 6.31. The molecule has 1 unspecified atom stereocenters. The second-order valence-corrected chi connectivity index (χ2v) is 10.6. The summed E-state index contributed by atoms with van der Waals surface area (Å²) in [5.74, 6) is -0.0502. The quantitative estimate of drug-likeness (QED) is 0.295. The number of anilines is 3. The average Bonchev–Trinajstić information content (AvgIpc) is 2.95. The van der Waals surface area contributed by atoms with Crippen molar-refractivity contribution in [1.29, 1.82) is 0 Å². The summed E-state index contributed by atoms with van der Waals surface area (Å²) in [6.45, 7) is 5.50. The summed E-state index contributed by atoms with van der Waals surface area (Å²) in [7, 11) is 1.52. The van der Waals surface area contributed by atoms with Gasteiger partial charge in [-0.2, -0.15) is 0 Å². The van der Waals surface area contributed by atoms with Crippen molar-refractivity contribution in [3.05, 3.63) is 59.7 Å². The maximum atomic E-state index is 13.6. The number of methoxy groups -OCH3 is 1. The zero-order chi connectivity index (χ0) is 28.9. The smallest absolute Gasteiger partial charge is 0.320 e. The molecule has 0 aliphatic carbocycles. The third-order valence-electron chi connectivity index (χ3n) is 7.26. The van der Waals surface area contributed by atoms with Crippen LogP contribution in [0.25, 0.3) is 10.9 Å². The minimum Gasteiger partial charge on any atom is -0.494 e. The fraction of sp³-hybridized carbons (Fsp3) is 0.379. The summed E-state index contributed by atoms with van der Waals surface area (Å²) >= 11 is 5.92. The van der Waals surface area contributed by atoms with Crippen LogP contribution in [-0.4, -0.2) is 83.6 Å². The van der Waals surface area contributed by atoms with E-state index in [2.05, 4.69) is 30.4 Å². The second kappa shape index (κ2) is 12.8. The summed E-state index contributed by atoms with van der Waals surface area (Å²) in [5, 5.41) is 6.63. The maximum absolute atomic E-state index is 13.6. The number of morpholine rings is 1. The van der Waals surface area contributed by atoms with Gasteiger partial charge in [0.15, 0.2) is 0 Å². The summed E-state index contributed by atoms with van der Waals surface area (Å²) in [6, 6.07) is 8.11. The molecule has 2 aliphatic heterocycles. The monoisotopic (exact) mass is 582 g/mol. The number of carbonyl (C=O) groups is 2. The fourth-order valence-corrected chi connectivity index (χ4v) is 5.43. The summed E-state index contributed by atoms with van der Waals surface area (Å²) < 4.78 is 24.3. The molecule has 0 radical (unpaired) electrons. The number of hydrogen-bond acceptors (Lipinski definition) is 9. The molecule has 2 N–H and O–H groups in total. The van der Waals surface area contributed by atoms with Crippen molar-refractivity contribution >= 4 is 51.6 Å². The molecule has 0 bridgehead atoms. The van der Waals surface area contributed by atoms with Gasteiger partial charge in [-0.15, -0.1) is 0 Å². The molecule has 2 aromatic carbocycles. The van der Waals surface area contributed by atoms with Crippen molar-refractivity contribution < 1.29 is 23.5 Å². The lowest BCUT2D eigenvalue weighted by molar-refractivity contribution is -0.159. The third-order valence-corrected chi connectivity index (χ3v) is 7.55. The minimum atomic E-state index is -0.516. The minimum absolute atomic E-state index is 0.0117. The fourth-order valence-electron chi connectivity index (χ4n) is 5.25. The van der Waals surface area contributed by atoms with Gasteiger partial charge in [0.2, 0.25) is 5.91 Å². The van der Waals surface area contributed by atoms with Gasteiger partial charge >= 0.3 is 5.97 Å².